The standard InChI is InChI=1S/C16H29N3O/c1-10(2)19-15(14(17)12(4)18-19)20-13-7-11(3)8-16(5,6)9-13/h10-11,13H,7-9,17H2,1-6H3. The van der Waals surface area contributed by atoms with Gasteiger partial charge in [0.1, 0.15) is 11.8 Å². The lowest BCUT2D eigenvalue weighted by Crippen LogP contribution is -2.35. The summed E-state index contributed by atoms with van der Waals surface area (Å²) in [5.74, 6) is 1.45. The summed E-state index contributed by atoms with van der Waals surface area (Å²) in [6.07, 6.45) is 3.69. The molecule has 2 atom stereocenters. The number of hydrogen-bond acceptors (Lipinski definition) is 3. The van der Waals surface area contributed by atoms with Crippen LogP contribution in [-0.2, 0) is 0 Å². The van der Waals surface area contributed by atoms with Gasteiger partial charge in [-0.1, -0.05) is 20.8 Å². The summed E-state index contributed by atoms with van der Waals surface area (Å²) < 4.78 is 8.19. The van der Waals surface area contributed by atoms with E-state index >= 15 is 0 Å². The second kappa shape index (κ2) is 5.30. The predicted octanol–water partition coefficient (Wildman–Crippen LogP) is 3.95. The smallest absolute Gasteiger partial charge is 0.236 e. The highest BCUT2D eigenvalue weighted by Crippen LogP contribution is 2.41. The molecule has 20 heavy (non-hydrogen) atoms. The van der Waals surface area contributed by atoms with Crippen molar-refractivity contribution in [3.63, 3.8) is 0 Å². The molecule has 1 heterocycles. The monoisotopic (exact) mass is 279 g/mol. The lowest BCUT2D eigenvalue weighted by atomic mass is 9.71. The Morgan fingerprint density at radius 2 is 2.00 bits per heavy atom. The van der Waals surface area contributed by atoms with E-state index in [-0.39, 0.29) is 12.1 Å². The minimum atomic E-state index is 0.240. The zero-order valence-corrected chi connectivity index (χ0v) is 13.7. The normalized spacial score (nSPS) is 25.9. The van der Waals surface area contributed by atoms with Crippen LogP contribution < -0.4 is 10.5 Å². The Hall–Kier alpha value is -1.19. The highest BCUT2D eigenvalue weighted by atomic mass is 16.5. The third-order valence-corrected chi connectivity index (χ3v) is 4.20. The molecule has 0 aromatic carbocycles. The van der Waals surface area contributed by atoms with Crippen molar-refractivity contribution in [2.24, 2.45) is 11.3 Å². The van der Waals surface area contributed by atoms with Gasteiger partial charge in [0, 0.05) is 0 Å². The van der Waals surface area contributed by atoms with E-state index in [1.165, 1.54) is 6.42 Å². The first kappa shape index (κ1) is 15.2. The number of hydrogen-bond donors (Lipinski definition) is 1. The molecule has 4 nitrogen and oxygen atoms in total. The van der Waals surface area contributed by atoms with Gasteiger partial charge in [-0.3, -0.25) is 0 Å². The lowest BCUT2D eigenvalue weighted by molar-refractivity contribution is 0.0494. The SMILES string of the molecule is Cc1nn(C(C)C)c(OC2CC(C)CC(C)(C)C2)c1N. The minimum Gasteiger partial charge on any atom is -0.473 e. The predicted molar refractivity (Wildman–Crippen MR) is 83.0 cm³/mol. The summed E-state index contributed by atoms with van der Waals surface area (Å²) in [7, 11) is 0. The maximum absolute atomic E-state index is 6.28. The van der Waals surface area contributed by atoms with Crippen LogP contribution in [0.15, 0.2) is 0 Å². The van der Waals surface area contributed by atoms with Crippen LogP contribution in [0.1, 0.15) is 65.6 Å². The third kappa shape index (κ3) is 3.10. The van der Waals surface area contributed by atoms with Gasteiger partial charge in [-0.05, 0) is 51.4 Å². The molecular formula is C16H29N3O. The fourth-order valence-electron chi connectivity index (χ4n) is 3.51. The molecule has 1 fully saturated rings. The van der Waals surface area contributed by atoms with Gasteiger partial charge in [-0.15, -0.1) is 0 Å². The van der Waals surface area contributed by atoms with Crippen LogP contribution in [-0.4, -0.2) is 15.9 Å². The Morgan fingerprint density at radius 1 is 1.35 bits per heavy atom. The van der Waals surface area contributed by atoms with Gasteiger partial charge >= 0.3 is 0 Å². The van der Waals surface area contributed by atoms with Crippen molar-refractivity contribution in [2.75, 3.05) is 5.73 Å². The molecule has 2 rings (SSSR count). The molecule has 1 aliphatic carbocycles. The van der Waals surface area contributed by atoms with Crippen LogP contribution in [0.3, 0.4) is 0 Å². The Bertz CT molecular complexity index is 476. The maximum atomic E-state index is 6.28. The fourth-order valence-corrected chi connectivity index (χ4v) is 3.51. The zero-order valence-electron chi connectivity index (χ0n) is 13.7. The zero-order chi connectivity index (χ0) is 15.1. The van der Waals surface area contributed by atoms with Crippen LogP contribution in [0.5, 0.6) is 5.88 Å². The second-order valence-electron chi connectivity index (χ2n) is 7.50. The number of aromatic nitrogens is 2. The van der Waals surface area contributed by atoms with E-state index in [2.05, 4.69) is 39.7 Å². The molecule has 0 bridgehead atoms. The average Bonchev–Trinajstić information content (AvgIpc) is 2.54. The fraction of sp³-hybridized carbons (Fsp3) is 0.812. The van der Waals surface area contributed by atoms with Gasteiger partial charge in [-0.2, -0.15) is 5.10 Å². The molecule has 1 aromatic heterocycles. The Balaban J connectivity index is 2.21. The first-order chi connectivity index (χ1) is 9.19. The molecule has 1 aromatic rings. The summed E-state index contributed by atoms with van der Waals surface area (Å²) in [5.41, 5.74) is 8.04. The van der Waals surface area contributed by atoms with Crippen LogP contribution in [0, 0.1) is 18.3 Å². The van der Waals surface area contributed by atoms with Crippen LogP contribution in [0.4, 0.5) is 5.69 Å². The maximum Gasteiger partial charge on any atom is 0.236 e. The molecule has 114 valence electrons. The molecular weight excluding hydrogens is 250 g/mol. The molecule has 2 unspecified atom stereocenters. The molecule has 0 amide bonds. The second-order valence-corrected chi connectivity index (χ2v) is 7.50. The average molecular weight is 279 g/mol. The first-order valence-electron chi connectivity index (χ1n) is 7.71. The number of nitrogens with two attached hydrogens (primary N) is 1. The van der Waals surface area contributed by atoms with Crippen molar-refractivity contribution in [3.8, 4) is 5.88 Å². The van der Waals surface area contributed by atoms with E-state index in [0.717, 1.165) is 24.4 Å². The number of anilines is 1. The van der Waals surface area contributed by atoms with E-state index in [9.17, 15) is 0 Å². The van der Waals surface area contributed by atoms with Crippen molar-refractivity contribution in [1.82, 2.24) is 9.78 Å². The molecule has 0 aliphatic heterocycles. The Kier molecular flexibility index (Phi) is 4.03. The molecule has 0 radical (unpaired) electrons. The Labute approximate surface area is 122 Å². The minimum absolute atomic E-state index is 0.240. The van der Waals surface area contributed by atoms with Gasteiger partial charge in [-0.25, -0.2) is 4.68 Å². The van der Waals surface area contributed by atoms with Crippen molar-refractivity contribution in [3.05, 3.63) is 5.69 Å². The number of ether oxygens (including phenoxy) is 1. The molecule has 1 aliphatic rings. The molecule has 4 heteroatoms. The number of nitrogens with zero attached hydrogens (tertiary/aromatic N) is 2. The van der Waals surface area contributed by atoms with Gasteiger partial charge in [0.2, 0.25) is 5.88 Å². The number of nitrogen functional groups attached to an aromatic ring is 1. The number of aryl methyl sites for hydroxylation is 1. The molecule has 0 saturated heterocycles. The molecule has 2 N–H and O–H groups in total. The highest BCUT2D eigenvalue weighted by molar-refractivity contribution is 5.52. The molecule has 1 saturated carbocycles. The summed E-state index contributed by atoms with van der Waals surface area (Å²) in [6.45, 7) is 13.1. The van der Waals surface area contributed by atoms with Gasteiger partial charge < -0.3 is 10.5 Å². The Morgan fingerprint density at radius 3 is 2.55 bits per heavy atom. The quantitative estimate of drug-likeness (QED) is 0.911. The van der Waals surface area contributed by atoms with Crippen LogP contribution >= 0.6 is 0 Å². The highest BCUT2D eigenvalue weighted by Gasteiger charge is 2.34. The van der Waals surface area contributed by atoms with Gasteiger partial charge in [0.15, 0.2) is 0 Å². The summed E-state index contributed by atoms with van der Waals surface area (Å²) in [5, 5.41) is 4.50. The van der Waals surface area contributed by atoms with Gasteiger partial charge in [0.05, 0.1) is 11.7 Å². The summed E-state index contributed by atoms with van der Waals surface area (Å²) >= 11 is 0. The van der Waals surface area contributed by atoms with Crippen LogP contribution in [0.2, 0.25) is 0 Å². The number of rotatable bonds is 3. The topological polar surface area (TPSA) is 53.1 Å². The van der Waals surface area contributed by atoms with Crippen LogP contribution in [0.25, 0.3) is 0 Å². The van der Waals surface area contributed by atoms with Gasteiger partial charge in [0.25, 0.3) is 0 Å². The van der Waals surface area contributed by atoms with E-state index in [1.807, 2.05) is 11.6 Å². The van der Waals surface area contributed by atoms with Crippen molar-refractivity contribution >= 4 is 5.69 Å². The van der Waals surface area contributed by atoms with E-state index in [0.29, 0.717) is 17.0 Å². The first-order valence-corrected chi connectivity index (χ1v) is 7.71. The lowest BCUT2D eigenvalue weighted by Gasteiger charge is -2.38. The molecule has 0 spiro atoms. The summed E-state index contributed by atoms with van der Waals surface area (Å²) in [4.78, 5) is 0. The van der Waals surface area contributed by atoms with Crippen molar-refractivity contribution < 1.29 is 4.74 Å². The van der Waals surface area contributed by atoms with E-state index in [1.54, 1.807) is 0 Å². The summed E-state index contributed by atoms with van der Waals surface area (Å²) in [6, 6.07) is 0.259. The largest absolute Gasteiger partial charge is 0.473 e. The van der Waals surface area contributed by atoms with Crippen molar-refractivity contribution in [1.29, 1.82) is 0 Å². The van der Waals surface area contributed by atoms with E-state index < -0.39 is 0 Å². The third-order valence-electron chi connectivity index (χ3n) is 4.20. The van der Waals surface area contributed by atoms with E-state index in [4.69, 9.17) is 10.5 Å². The van der Waals surface area contributed by atoms with Crippen molar-refractivity contribution in [2.45, 2.75) is 73.0 Å².